The number of amides is 1. The molecule has 1 fully saturated rings. The lowest BCUT2D eigenvalue weighted by molar-refractivity contribution is -0.274. The fourth-order valence-corrected chi connectivity index (χ4v) is 2.66. The number of hydrogen-bond acceptors (Lipinski definition) is 6. The van der Waals surface area contributed by atoms with Crippen LogP contribution in [0.15, 0.2) is 35.1 Å². The van der Waals surface area contributed by atoms with Crippen molar-refractivity contribution in [3.05, 3.63) is 46.5 Å². The smallest absolute Gasteiger partial charge is 0.406 e. The lowest BCUT2D eigenvalue weighted by atomic mass is 10.3. The zero-order chi connectivity index (χ0) is 20.1. The number of nitrogens with zero attached hydrogens (tertiary/aromatic N) is 2. The predicted molar refractivity (Wildman–Crippen MR) is 93.3 cm³/mol. The molecule has 1 aromatic carbocycles. The van der Waals surface area contributed by atoms with Gasteiger partial charge < -0.3 is 24.7 Å². The second-order valence-electron chi connectivity index (χ2n) is 5.95. The molecule has 150 valence electrons. The van der Waals surface area contributed by atoms with Gasteiger partial charge in [-0.05, 0) is 12.1 Å². The van der Waals surface area contributed by atoms with E-state index in [1.807, 2.05) is 4.90 Å². The van der Waals surface area contributed by atoms with Crippen LogP contribution in [0.5, 0.6) is 5.75 Å². The summed E-state index contributed by atoms with van der Waals surface area (Å²) in [5.74, 6) is -0.415. The number of H-pyrrole nitrogens is 1. The van der Waals surface area contributed by atoms with Crippen molar-refractivity contribution in [2.24, 2.45) is 0 Å². The molecule has 0 aliphatic carbocycles. The minimum Gasteiger partial charge on any atom is -0.406 e. The van der Waals surface area contributed by atoms with Gasteiger partial charge in [0.1, 0.15) is 17.4 Å². The molecule has 3 rings (SSSR count). The highest BCUT2D eigenvalue weighted by Gasteiger charge is 2.31. The van der Waals surface area contributed by atoms with Gasteiger partial charge in [0.2, 0.25) is 5.91 Å². The predicted octanol–water partition coefficient (Wildman–Crippen LogP) is 1.69. The molecule has 0 unspecified atom stereocenters. The normalized spacial score (nSPS) is 14.6. The van der Waals surface area contributed by atoms with E-state index < -0.39 is 23.6 Å². The number of alkyl halides is 3. The fourth-order valence-electron chi connectivity index (χ4n) is 2.66. The average Bonchev–Trinajstić information content (AvgIpc) is 2.60. The highest BCUT2D eigenvalue weighted by Crippen LogP contribution is 2.25. The summed E-state index contributed by atoms with van der Waals surface area (Å²) >= 11 is 0. The summed E-state index contributed by atoms with van der Waals surface area (Å²) in [5, 5.41) is 2.45. The summed E-state index contributed by atoms with van der Waals surface area (Å²) in [5.41, 5.74) is -0.279. The summed E-state index contributed by atoms with van der Waals surface area (Å²) < 4.78 is 45.9. The van der Waals surface area contributed by atoms with Gasteiger partial charge >= 0.3 is 6.36 Å². The number of ether oxygens (including phenoxy) is 2. The van der Waals surface area contributed by atoms with Crippen LogP contribution in [0.2, 0.25) is 0 Å². The Morgan fingerprint density at radius 1 is 1.29 bits per heavy atom. The van der Waals surface area contributed by atoms with Crippen LogP contribution in [0.4, 0.5) is 24.7 Å². The Bertz CT molecular complexity index is 894. The number of morpholine rings is 1. The molecule has 1 aromatic heterocycles. The summed E-state index contributed by atoms with van der Waals surface area (Å²) in [6.07, 6.45) is -5.08. The zero-order valence-electron chi connectivity index (χ0n) is 14.6. The number of carbonyl (C=O) groups excluding carboxylic acids is 1. The van der Waals surface area contributed by atoms with E-state index in [9.17, 15) is 22.8 Å². The molecule has 2 N–H and O–H groups in total. The lowest BCUT2D eigenvalue weighted by Crippen LogP contribution is -2.37. The van der Waals surface area contributed by atoms with Crippen LogP contribution in [0.25, 0.3) is 0 Å². The number of rotatable bonds is 5. The standard InChI is InChI=1S/C17H17F3N4O4/c18-17(19,20)28-12-3-1-2-11(8-12)21-15(25)9-13-22-14(10-16(26)23-13)24-4-6-27-7-5-24/h1-3,8,10H,4-7,9H2,(H,21,25)(H,22,23,26). The number of hydrogen-bond donors (Lipinski definition) is 2. The van der Waals surface area contributed by atoms with E-state index in [-0.39, 0.29) is 17.9 Å². The van der Waals surface area contributed by atoms with Crippen molar-refractivity contribution < 1.29 is 27.4 Å². The molecule has 2 aromatic rings. The van der Waals surface area contributed by atoms with Crippen LogP contribution in [0.1, 0.15) is 5.82 Å². The van der Waals surface area contributed by atoms with Crippen molar-refractivity contribution in [2.45, 2.75) is 12.8 Å². The molecular weight excluding hydrogens is 381 g/mol. The largest absolute Gasteiger partial charge is 0.573 e. The Kier molecular flexibility index (Phi) is 5.83. The maximum atomic E-state index is 12.3. The second-order valence-corrected chi connectivity index (χ2v) is 5.95. The maximum Gasteiger partial charge on any atom is 0.573 e. The Morgan fingerprint density at radius 2 is 2.04 bits per heavy atom. The van der Waals surface area contributed by atoms with Gasteiger partial charge in [0.15, 0.2) is 0 Å². The Labute approximate surface area is 157 Å². The Balaban J connectivity index is 1.67. The highest BCUT2D eigenvalue weighted by molar-refractivity contribution is 5.92. The van der Waals surface area contributed by atoms with Crippen LogP contribution in [-0.4, -0.2) is 48.5 Å². The molecule has 1 aliphatic heterocycles. The molecule has 8 nitrogen and oxygen atoms in total. The van der Waals surface area contributed by atoms with Gasteiger partial charge in [-0.15, -0.1) is 13.2 Å². The number of nitrogens with one attached hydrogen (secondary N) is 2. The first-order chi connectivity index (χ1) is 13.3. The average molecular weight is 398 g/mol. The van der Waals surface area contributed by atoms with Crippen LogP contribution in [0, 0.1) is 0 Å². The van der Waals surface area contributed by atoms with Crippen LogP contribution in [-0.2, 0) is 16.0 Å². The monoisotopic (exact) mass is 398 g/mol. The van der Waals surface area contributed by atoms with Crippen molar-refractivity contribution in [3.8, 4) is 5.75 Å². The molecular formula is C17H17F3N4O4. The van der Waals surface area contributed by atoms with E-state index >= 15 is 0 Å². The minimum atomic E-state index is -4.83. The number of benzene rings is 1. The Hall–Kier alpha value is -3.08. The van der Waals surface area contributed by atoms with Crippen molar-refractivity contribution in [3.63, 3.8) is 0 Å². The number of carbonyl (C=O) groups is 1. The summed E-state index contributed by atoms with van der Waals surface area (Å²) in [4.78, 5) is 32.7. The van der Waals surface area contributed by atoms with E-state index in [0.717, 1.165) is 12.1 Å². The van der Waals surface area contributed by atoms with E-state index in [0.29, 0.717) is 32.1 Å². The van der Waals surface area contributed by atoms with Crippen molar-refractivity contribution in [1.82, 2.24) is 9.97 Å². The molecule has 0 atom stereocenters. The third-order valence-corrected chi connectivity index (χ3v) is 3.79. The first kappa shape index (κ1) is 19.7. The molecule has 0 spiro atoms. The maximum absolute atomic E-state index is 12.3. The molecule has 0 radical (unpaired) electrons. The molecule has 1 amide bonds. The van der Waals surface area contributed by atoms with Gasteiger partial charge in [-0.2, -0.15) is 0 Å². The third kappa shape index (κ3) is 5.71. The summed E-state index contributed by atoms with van der Waals surface area (Å²) in [7, 11) is 0. The number of aromatic nitrogens is 2. The van der Waals surface area contributed by atoms with Crippen LogP contribution in [0.3, 0.4) is 0 Å². The van der Waals surface area contributed by atoms with Gasteiger partial charge in [-0.1, -0.05) is 6.07 Å². The van der Waals surface area contributed by atoms with Crippen molar-refractivity contribution >= 4 is 17.4 Å². The van der Waals surface area contributed by atoms with E-state index in [4.69, 9.17) is 4.74 Å². The molecule has 1 saturated heterocycles. The number of aromatic amines is 1. The number of halogens is 3. The molecule has 0 saturated carbocycles. The van der Waals surface area contributed by atoms with E-state index in [2.05, 4.69) is 20.0 Å². The van der Waals surface area contributed by atoms with Crippen LogP contribution >= 0.6 is 0 Å². The molecule has 28 heavy (non-hydrogen) atoms. The summed E-state index contributed by atoms with van der Waals surface area (Å²) in [6, 6.07) is 6.24. The SMILES string of the molecule is O=C(Cc1nc(N2CCOCC2)cc(=O)[nH]1)Nc1cccc(OC(F)(F)F)c1. The van der Waals surface area contributed by atoms with Gasteiger partial charge in [0, 0.05) is 30.9 Å². The first-order valence-electron chi connectivity index (χ1n) is 8.37. The first-order valence-corrected chi connectivity index (χ1v) is 8.37. The van der Waals surface area contributed by atoms with Gasteiger partial charge in [0.05, 0.1) is 19.6 Å². The van der Waals surface area contributed by atoms with Crippen molar-refractivity contribution in [1.29, 1.82) is 0 Å². The van der Waals surface area contributed by atoms with Crippen molar-refractivity contribution in [2.75, 3.05) is 36.5 Å². The van der Waals surface area contributed by atoms with E-state index in [1.165, 1.54) is 18.2 Å². The highest BCUT2D eigenvalue weighted by atomic mass is 19.4. The fraction of sp³-hybridized carbons (Fsp3) is 0.353. The van der Waals surface area contributed by atoms with Gasteiger partial charge in [0.25, 0.3) is 5.56 Å². The molecule has 2 heterocycles. The minimum absolute atomic E-state index is 0.124. The molecule has 11 heteroatoms. The zero-order valence-corrected chi connectivity index (χ0v) is 14.6. The van der Waals surface area contributed by atoms with Crippen LogP contribution < -0.4 is 20.5 Å². The Morgan fingerprint density at radius 3 is 2.75 bits per heavy atom. The molecule has 1 aliphatic rings. The van der Waals surface area contributed by atoms with E-state index in [1.54, 1.807) is 0 Å². The molecule has 0 bridgehead atoms. The van der Waals surface area contributed by atoms with Gasteiger partial charge in [-0.3, -0.25) is 9.59 Å². The second kappa shape index (κ2) is 8.30. The lowest BCUT2D eigenvalue weighted by Gasteiger charge is -2.27. The third-order valence-electron chi connectivity index (χ3n) is 3.79. The quantitative estimate of drug-likeness (QED) is 0.796. The van der Waals surface area contributed by atoms with Gasteiger partial charge in [-0.25, -0.2) is 4.98 Å². The number of anilines is 2. The topological polar surface area (TPSA) is 96.6 Å². The summed E-state index contributed by atoms with van der Waals surface area (Å²) in [6.45, 7) is 2.18.